The van der Waals surface area contributed by atoms with Crippen molar-refractivity contribution >= 4 is 40.5 Å². The van der Waals surface area contributed by atoms with Gasteiger partial charge in [0.25, 0.3) is 5.91 Å². The van der Waals surface area contributed by atoms with E-state index >= 15 is 0 Å². The molecule has 1 aliphatic rings. The molecule has 0 aromatic heterocycles. The van der Waals surface area contributed by atoms with Crippen molar-refractivity contribution in [3.8, 4) is 6.07 Å². The molecule has 2 aromatic carbocycles. The summed E-state index contributed by atoms with van der Waals surface area (Å²) < 4.78 is 13.4. The number of nitrogens with zero attached hydrogens (tertiary/aromatic N) is 4. The van der Waals surface area contributed by atoms with Crippen LogP contribution in [0.4, 0.5) is 10.1 Å². The third kappa shape index (κ3) is 5.13. The summed E-state index contributed by atoms with van der Waals surface area (Å²) in [4.78, 5) is 32.6. The highest BCUT2D eigenvalue weighted by Crippen LogP contribution is 2.29. The Bertz CT molecular complexity index is 1030. The zero-order valence-electron chi connectivity index (χ0n) is 16.3. The molecule has 6 nitrogen and oxygen atoms in total. The topological polar surface area (TPSA) is 76.8 Å². The van der Waals surface area contributed by atoms with E-state index in [1.165, 1.54) is 34.1 Å². The van der Waals surface area contributed by atoms with Crippen LogP contribution in [0.25, 0.3) is 6.08 Å². The van der Waals surface area contributed by atoms with Gasteiger partial charge in [-0.3, -0.25) is 14.5 Å². The first kappa shape index (κ1) is 21.3. The largest absolute Gasteiger partial charge is 0.344 e. The number of rotatable bonds is 6. The Hall–Kier alpha value is -3.44. The highest BCUT2D eigenvalue weighted by Gasteiger charge is 2.32. The Morgan fingerprint density at radius 3 is 2.60 bits per heavy atom. The second kappa shape index (κ2) is 9.85. The minimum atomic E-state index is -0.411. The number of hydrogen-bond acceptors (Lipinski definition) is 5. The van der Waals surface area contributed by atoms with Crippen LogP contribution in [0.15, 0.2) is 65.3 Å². The number of thioether (sulfide) groups is 1. The lowest BCUT2D eigenvalue weighted by Crippen LogP contribution is -2.33. The summed E-state index contributed by atoms with van der Waals surface area (Å²) in [6, 6.07) is 16.8. The van der Waals surface area contributed by atoms with E-state index in [-0.39, 0.29) is 29.7 Å². The molecule has 2 aromatic rings. The number of nitriles is 1. The molecule has 2 amide bonds. The van der Waals surface area contributed by atoms with Gasteiger partial charge in [-0.2, -0.15) is 5.26 Å². The molecule has 8 heteroatoms. The molecule has 3 rings (SSSR count). The second-order valence-electron chi connectivity index (χ2n) is 6.46. The molecule has 0 radical (unpaired) electrons. The Kier molecular flexibility index (Phi) is 6.99. The van der Waals surface area contributed by atoms with Gasteiger partial charge in [0.1, 0.15) is 11.5 Å². The van der Waals surface area contributed by atoms with E-state index in [9.17, 15) is 14.0 Å². The van der Waals surface area contributed by atoms with Gasteiger partial charge in [-0.15, -0.1) is 0 Å². The number of amides is 2. The van der Waals surface area contributed by atoms with Crippen molar-refractivity contribution < 1.29 is 14.0 Å². The lowest BCUT2D eigenvalue weighted by atomic mass is 10.2. The van der Waals surface area contributed by atoms with Gasteiger partial charge >= 0.3 is 0 Å². The molecule has 0 atom stereocenters. The van der Waals surface area contributed by atoms with E-state index in [4.69, 9.17) is 5.26 Å². The van der Waals surface area contributed by atoms with E-state index in [1.807, 2.05) is 36.4 Å². The Balaban J connectivity index is 1.85. The number of hydrogen-bond donors (Lipinski definition) is 0. The van der Waals surface area contributed by atoms with Gasteiger partial charge in [-0.05, 0) is 35.9 Å². The summed E-state index contributed by atoms with van der Waals surface area (Å²) in [5.41, 5.74) is 1.52. The van der Waals surface area contributed by atoms with Gasteiger partial charge in [-0.25, -0.2) is 9.38 Å². The quantitative estimate of drug-likeness (QED) is 0.666. The maximum Gasteiger partial charge on any atom is 0.283 e. The van der Waals surface area contributed by atoms with Crippen LogP contribution in [0.2, 0.25) is 0 Å². The molecule has 0 fully saturated rings. The standard InChI is InChI=1S/C22H19FN4O2S/c1-26(13-5-12-24)20(28)15-30-22-25-19(14-16-6-3-2-4-7-16)21(29)27(22)18-10-8-17(23)9-11-18/h2-4,6-11,14H,5,13,15H2,1H3/b19-14-. The Morgan fingerprint density at radius 2 is 1.93 bits per heavy atom. The molecule has 1 aliphatic heterocycles. The molecular weight excluding hydrogens is 403 g/mol. The smallest absolute Gasteiger partial charge is 0.283 e. The van der Waals surface area contributed by atoms with Gasteiger partial charge in [0.05, 0.1) is 23.9 Å². The monoisotopic (exact) mass is 422 g/mol. The van der Waals surface area contributed by atoms with Crippen LogP contribution in [0.1, 0.15) is 12.0 Å². The van der Waals surface area contributed by atoms with Crippen LogP contribution in [-0.4, -0.2) is 41.2 Å². The molecule has 0 aliphatic carbocycles. The van der Waals surface area contributed by atoms with Crippen molar-refractivity contribution in [1.29, 1.82) is 5.26 Å². The number of amidine groups is 1. The van der Waals surface area contributed by atoms with Crippen molar-refractivity contribution in [1.82, 2.24) is 4.90 Å². The van der Waals surface area contributed by atoms with Crippen LogP contribution < -0.4 is 4.90 Å². The second-order valence-corrected chi connectivity index (χ2v) is 7.41. The molecule has 0 bridgehead atoms. The van der Waals surface area contributed by atoms with Crippen molar-refractivity contribution in [2.75, 3.05) is 24.2 Å². The van der Waals surface area contributed by atoms with Crippen LogP contribution in [0.5, 0.6) is 0 Å². The molecule has 0 saturated carbocycles. The normalized spacial score (nSPS) is 14.6. The average molecular weight is 422 g/mol. The van der Waals surface area contributed by atoms with Crippen LogP contribution >= 0.6 is 11.8 Å². The average Bonchev–Trinajstić information content (AvgIpc) is 3.06. The zero-order valence-corrected chi connectivity index (χ0v) is 17.1. The van der Waals surface area contributed by atoms with Gasteiger partial charge in [0, 0.05) is 13.6 Å². The SMILES string of the molecule is CN(CCC#N)C(=O)CSC1=N/C(=C\c2ccccc2)C(=O)N1c1ccc(F)cc1. The lowest BCUT2D eigenvalue weighted by Gasteiger charge is -2.19. The lowest BCUT2D eigenvalue weighted by molar-refractivity contribution is -0.127. The Morgan fingerprint density at radius 1 is 1.23 bits per heavy atom. The minimum absolute atomic E-state index is 0.0599. The van der Waals surface area contributed by atoms with Crippen molar-refractivity contribution in [3.63, 3.8) is 0 Å². The predicted octanol–water partition coefficient (Wildman–Crippen LogP) is 3.67. The van der Waals surface area contributed by atoms with Crippen LogP contribution in [-0.2, 0) is 9.59 Å². The van der Waals surface area contributed by atoms with E-state index in [0.717, 1.165) is 17.3 Å². The number of carbonyl (C=O) groups is 2. The van der Waals surface area contributed by atoms with E-state index < -0.39 is 5.82 Å². The van der Waals surface area contributed by atoms with Gasteiger partial charge < -0.3 is 4.90 Å². The number of anilines is 1. The minimum Gasteiger partial charge on any atom is -0.344 e. The van der Waals surface area contributed by atoms with Crippen molar-refractivity contribution in [3.05, 3.63) is 71.7 Å². The van der Waals surface area contributed by atoms with Crippen LogP contribution in [0.3, 0.4) is 0 Å². The summed E-state index contributed by atoms with van der Waals surface area (Å²) in [7, 11) is 1.63. The molecule has 0 saturated heterocycles. The summed E-state index contributed by atoms with van der Waals surface area (Å²) >= 11 is 1.13. The Labute approximate surface area is 178 Å². The number of carbonyl (C=O) groups excluding carboxylic acids is 2. The van der Waals surface area contributed by atoms with E-state index in [1.54, 1.807) is 13.1 Å². The third-order valence-electron chi connectivity index (χ3n) is 4.33. The van der Waals surface area contributed by atoms with Gasteiger partial charge in [0.2, 0.25) is 5.91 Å². The van der Waals surface area contributed by atoms with Crippen molar-refractivity contribution in [2.24, 2.45) is 4.99 Å². The van der Waals surface area contributed by atoms with Crippen LogP contribution in [0, 0.1) is 17.1 Å². The fourth-order valence-electron chi connectivity index (χ4n) is 2.70. The molecule has 0 spiro atoms. The molecule has 0 unspecified atom stereocenters. The van der Waals surface area contributed by atoms with E-state index in [0.29, 0.717) is 17.4 Å². The summed E-state index contributed by atoms with van der Waals surface area (Å²) in [6.07, 6.45) is 1.92. The maximum absolute atomic E-state index is 13.4. The number of benzene rings is 2. The zero-order chi connectivity index (χ0) is 21.5. The van der Waals surface area contributed by atoms with Crippen molar-refractivity contribution in [2.45, 2.75) is 6.42 Å². The fraction of sp³-hybridized carbons (Fsp3) is 0.182. The number of halogens is 1. The predicted molar refractivity (Wildman–Crippen MR) is 116 cm³/mol. The molecule has 30 heavy (non-hydrogen) atoms. The first-order valence-corrected chi connectivity index (χ1v) is 10.2. The van der Waals surface area contributed by atoms with E-state index in [2.05, 4.69) is 4.99 Å². The molecule has 152 valence electrons. The first-order chi connectivity index (χ1) is 14.5. The highest BCUT2D eigenvalue weighted by atomic mass is 32.2. The summed E-state index contributed by atoms with van der Waals surface area (Å²) in [5.74, 6) is -0.876. The third-order valence-corrected chi connectivity index (χ3v) is 5.25. The molecule has 0 N–H and O–H groups in total. The number of aliphatic imine (C=N–C) groups is 1. The first-order valence-electron chi connectivity index (χ1n) is 9.19. The van der Waals surface area contributed by atoms with Gasteiger partial charge in [0.15, 0.2) is 5.17 Å². The fourth-order valence-corrected chi connectivity index (χ4v) is 3.65. The summed E-state index contributed by atoms with van der Waals surface area (Å²) in [6.45, 7) is 0.335. The highest BCUT2D eigenvalue weighted by molar-refractivity contribution is 8.14. The maximum atomic E-state index is 13.4. The molecular formula is C22H19FN4O2S. The summed E-state index contributed by atoms with van der Waals surface area (Å²) in [5, 5.41) is 9.01. The van der Waals surface area contributed by atoms with Gasteiger partial charge in [-0.1, -0.05) is 42.1 Å². The molecule has 1 heterocycles.